The molecule has 0 aromatic carbocycles. The van der Waals surface area contributed by atoms with Crippen LogP contribution in [0.5, 0.6) is 5.88 Å². The number of aromatic nitrogens is 2. The summed E-state index contributed by atoms with van der Waals surface area (Å²) in [4.78, 5) is 11.1. The van der Waals surface area contributed by atoms with E-state index < -0.39 is 0 Å². The van der Waals surface area contributed by atoms with Gasteiger partial charge in [-0.1, -0.05) is 0 Å². The molecule has 0 amide bonds. The normalized spacial score (nSPS) is 26.3. The molecule has 0 bridgehead atoms. The monoisotopic (exact) mass is 278 g/mol. The zero-order valence-electron chi connectivity index (χ0n) is 12.1. The van der Waals surface area contributed by atoms with Gasteiger partial charge >= 0.3 is 0 Å². The van der Waals surface area contributed by atoms with Gasteiger partial charge in [0.1, 0.15) is 11.6 Å². The Balaban J connectivity index is 1.55. The third kappa shape index (κ3) is 3.02. The van der Waals surface area contributed by atoms with Crippen molar-refractivity contribution in [2.75, 3.05) is 38.7 Å². The lowest BCUT2D eigenvalue weighted by Crippen LogP contribution is -2.48. The molecule has 0 radical (unpaired) electrons. The number of nitrogens with zero attached hydrogens (tertiary/aromatic N) is 3. The lowest BCUT2D eigenvalue weighted by Gasteiger charge is -2.35. The summed E-state index contributed by atoms with van der Waals surface area (Å²) < 4.78 is 11.1. The number of hydrogen-bond donors (Lipinski definition) is 1. The minimum Gasteiger partial charge on any atom is -0.481 e. The van der Waals surface area contributed by atoms with Gasteiger partial charge in [0.15, 0.2) is 0 Å². The summed E-state index contributed by atoms with van der Waals surface area (Å²) in [7, 11) is 1.61. The highest BCUT2D eigenvalue weighted by molar-refractivity contribution is 5.38. The van der Waals surface area contributed by atoms with E-state index in [1.165, 1.54) is 19.4 Å². The van der Waals surface area contributed by atoms with Gasteiger partial charge in [-0.2, -0.15) is 4.98 Å². The zero-order chi connectivity index (χ0) is 13.9. The highest BCUT2D eigenvalue weighted by Crippen LogP contribution is 2.22. The lowest BCUT2D eigenvalue weighted by molar-refractivity contribution is -0.0416. The summed E-state index contributed by atoms with van der Waals surface area (Å²) in [5.41, 5.74) is 0. The second-order valence-corrected chi connectivity index (χ2v) is 5.47. The molecule has 1 N–H and O–H groups in total. The molecule has 20 heavy (non-hydrogen) atoms. The fourth-order valence-corrected chi connectivity index (χ4v) is 2.96. The molecule has 110 valence electrons. The number of fused-ring (bicyclic) bond motifs is 1. The van der Waals surface area contributed by atoms with Gasteiger partial charge in [0.2, 0.25) is 5.88 Å². The minimum atomic E-state index is 0.227. The molecule has 0 spiro atoms. The molecule has 6 heteroatoms. The van der Waals surface area contributed by atoms with Crippen LogP contribution in [0.3, 0.4) is 0 Å². The first-order valence-corrected chi connectivity index (χ1v) is 7.24. The Morgan fingerprint density at radius 2 is 2.40 bits per heavy atom. The maximum Gasteiger partial charge on any atom is 0.218 e. The van der Waals surface area contributed by atoms with Crippen LogP contribution in [0, 0.1) is 6.92 Å². The standard InChI is InChI=1S/C14H22N4O2/c1-10-16-13(6-14(17-10)19-2)15-7-12-8-18-5-3-4-11(18)9-20-12/h6,11-12H,3-5,7-9H2,1-2H3,(H,15,16,17). The van der Waals surface area contributed by atoms with Crippen molar-refractivity contribution in [3.63, 3.8) is 0 Å². The fraction of sp³-hybridized carbons (Fsp3) is 0.714. The van der Waals surface area contributed by atoms with Crippen LogP contribution in [-0.4, -0.2) is 60.4 Å². The largest absolute Gasteiger partial charge is 0.481 e. The smallest absolute Gasteiger partial charge is 0.218 e. The van der Waals surface area contributed by atoms with Gasteiger partial charge in [0, 0.05) is 25.2 Å². The van der Waals surface area contributed by atoms with Crippen molar-refractivity contribution < 1.29 is 9.47 Å². The number of anilines is 1. The number of morpholine rings is 1. The van der Waals surface area contributed by atoms with Gasteiger partial charge < -0.3 is 14.8 Å². The molecule has 2 fully saturated rings. The average Bonchev–Trinajstić information content (AvgIpc) is 2.92. The Kier molecular flexibility index (Phi) is 4.03. The molecular weight excluding hydrogens is 256 g/mol. The van der Waals surface area contributed by atoms with Crippen LogP contribution >= 0.6 is 0 Å². The number of ether oxygens (including phenoxy) is 2. The number of aryl methyl sites for hydroxylation is 1. The summed E-state index contributed by atoms with van der Waals surface area (Å²) >= 11 is 0. The molecule has 2 aliphatic rings. The summed E-state index contributed by atoms with van der Waals surface area (Å²) in [6.45, 7) is 5.71. The number of hydrogen-bond acceptors (Lipinski definition) is 6. The Bertz CT molecular complexity index is 468. The SMILES string of the molecule is COc1cc(NCC2CN3CCCC3CO2)nc(C)n1. The Hall–Kier alpha value is -1.40. The minimum absolute atomic E-state index is 0.227. The highest BCUT2D eigenvalue weighted by atomic mass is 16.5. The van der Waals surface area contributed by atoms with E-state index in [0.717, 1.165) is 25.5 Å². The quantitative estimate of drug-likeness (QED) is 0.889. The van der Waals surface area contributed by atoms with E-state index in [1.807, 2.05) is 13.0 Å². The maximum absolute atomic E-state index is 5.92. The molecule has 0 saturated carbocycles. The topological polar surface area (TPSA) is 59.5 Å². The summed E-state index contributed by atoms with van der Waals surface area (Å²) in [5.74, 6) is 2.08. The molecular formula is C14H22N4O2. The first-order chi connectivity index (χ1) is 9.74. The van der Waals surface area contributed by atoms with Gasteiger partial charge in [-0.3, -0.25) is 4.90 Å². The molecule has 3 rings (SSSR count). The second-order valence-electron chi connectivity index (χ2n) is 5.47. The van der Waals surface area contributed by atoms with Crippen molar-refractivity contribution in [2.45, 2.75) is 31.9 Å². The van der Waals surface area contributed by atoms with Crippen LogP contribution in [0.4, 0.5) is 5.82 Å². The van der Waals surface area contributed by atoms with Crippen molar-refractivity contribution in [3.8, 4) is 5.88 Å². The highest BCUT2D eigenvalue weighted by Gasteiger charge is 2.31. The fourth-order valence-electron chi connectivity index (χ4n) is 2.96. The van der Waals surface area contributed by atoms with E-state index in [2.05, 4.69) is 20.2 Å². The van der Waals surface area contributed by atoms with Crippen molar-refractivity contribution in [2.24, 2.45) is 0 Å². The Labute approximate surface area is 119 Å². The molecule has 2 atom stereocenters. The van der Waals surface area contributed by atoms with E-state index in [1.54, 1.807) is 7.11 Å². The lowest BCUT2D eigenvalue weighted by atomic mass is 10.2. The van der Waals surface area contributed by atoms with E-state index in [9.17, 15) is 0 Å². The number of methoxy groups -OCH3 is 1. The maximum atomic E-state index is 5.92. The molecule has 1 aromatic rings. The van der Waals surface area contributed by atoms with Crippen molar-refractivity contribution in [3.05, 3.63) is 11.9 Å². The predicted molar refractivity (Wildman–Crippen MR) is 76.1 cm³/mol. The number of nitrogens with one attached hydrogen (secondary N) is 1. The Morgan fingerprint density at radius 3 is 3.25 bits per heavy atom. The molecule has 3 heterocycles. The van der Waals surface area contributed by atoms with Gasteiger partial charge in [-0.15, -0.1) is 0 Å². The van der Waals surface area contributed by atoms with Crippen molar-refractivity contribution in [1.82, 2.24) is 14.9 Å². The van der Waals surface area contributed by atoms with Gasteiger partial charge in [-0.25, -0.2) is 4.98 Å². The zero-order valence-corrected chi connectivity index (χ0v) is 12.1. The predicted octanol–water partition coefficient (Wildman–Crippen LogP) is 1.07. The molecule has 6 nitrogen and oxygen atoms in total. The van der Waals surface area contributed by atoms with Crippen LogP contribution in [-0.2, 0) is 4.74 Å². The van der Waals surface area contributed by atoms with Crippen LogP contribution in [0.25, 0.3) is 0 Å². The van der Waals surface area contributed by atoms with E-state index in [0.29, 0.717) is 17.7 Å². The second kappa shape index (κ2) is 5.93. The van der Waals surface area contributed by atoms with Crippen LogP contribution < -0.4 is 10.1 Å². The molecule has 1 aromatic heterocycles. The molecule has 0 aliphatic carbocycles. The molecule has 2 saturated heterocycles. The summed E-state index contributed by atoms with van der Waals surface area (Å²) in [6, 6.07) is 2.46. The number of rotatable bonds is 4. The van der Waals surface area contributed by atoms with Crippen LogP contribution in [0.1, 0.15) is 18.7 Å². The van der Waals surface area contributed by atoms with Crippen LogP contribution in [0.15, 0.2) is 6.07 Å². The summed E-state index contributed by atoms with van der Waals surface area (Å²) in [5, 5.41) is 3.33. The van der Waals surface area contributed by atoms with Crippen molar-refractivity contribution in [1.29, 1.82) is 0 Å². The van der Waals surface area contributed by atoms with Crippen molar-refractivity contribution >= 4 is 5.82 Å². The Morgan fingerprint density at radius 1 is 1.50 bits per heavy atom. The van der Waals surface area contributed by atoms with E-state index in [4.69, 9.17) is 9.47 Å². The first-order valence-electron chi connectivity index (χ1n) is 7.24. The first kappa shape index (κ1) is 13.6. The van der Waals surface area contributed by atoms with E-state index >= 15 is 0 Å². The molecule has 2 unspecified atom stereocenters. The van der Waals surface area contributed by atoms with E-state index in [-0.39, 0.29) is 6.10 Å². The van der Waals surface area contributed by atoms with Gasteiger partial charge in [0.25, 0.3) is 0 Å². The van der Waals surface area contributed by atoms with Crippen LogP contribution in [0.2, 0.25) is 0 Å². The molecule has 2 aliphatic heterocycles. The van der Waals surface area contributed by atoms with Gasteiger partial charge in [-0.05, 0) is 26.3 Å². The third-order valence-corrected chi connectivity index (χ3v) is 4.00. The summed E-state index contributed by atoms with van der Waals surface area (Å²) in [6.07, 6.45) is 2.81. The third-order valence-electron chi connectivity index (χ3n) is 4.00. The average molecular weight is 278 g/mol. The van der Waals surface area contributed by atoms with Gasteiger partial charge in [0.05, 0.1) is 19.8 Å².